The Balaban J connectivity index is 1.47. The van der Waals surface area contributed by atoms with Crippen LogP contribution in [-0.2, 0) is 9.47 Å². The van der Waals surface area contributed by atoms with Gasteiger partial charge in [-0.25, -0.2) is 0 Å². The topological polar surface area (TPSA) is 80.3 Å². The van der Waals surface area contributed by atoms with Crippen molar-refractivity contribution < 1.29 is 9.47 Å². The summed E-state index contributed by atoms with van der Waals surface area (Å²) in [7, 11) is 0. The van der Waals surface area contributed by atoms with E-state index in [1.165, 1.54) is 12.8 Å². The van der Waals surface area contributed by atoms with E-state index in [9.17, 15) is 0 Å². The highest BCUT2D eigenvalue weighted by Gasteiger charge is 2.62. The number of anilines is 2. The summed E-state index contributed by atoms with van der Waals surface area (Å²) in [5, 5.41) is 12.5. The van der Waals surface area contributed by atoms with Crippen LogP contribution in [0.15, 0.2) is 18.2 Å². The molecule has 1 aliphatic heterocycles. The molecule has 1 aromatic carbocycles. The largest absolute Gasteiger partial charge is 0.397 e. The zero-order valence-electron chi connectivity index (χ0n) is 12.6. The third kappa shape index (κ3) is 2.23. The maximum atomic E-state index is 9.02. The van der Waals surface area contributed by atoms with E-state index in [4.69, 9.17) is 20.5 Å². The first-order chi connectivity index (χ1) is 10.6. The Hall–Kier alpha value is -1.77. The van der Waals surface area contributed by atoms with E-state index in [2.05, 4.69) is 11.4 Å². The molecule has 2 unspecified atom stereocenters. The van der Waals surface area contributed by atoms with Crippen molar-refractivity contribution in [2.24, 2.45) is 11.3 Å². The molecule has 0 radical (unpaired) electrons. The molecule has 3 aliphatic rings. The second kappa shape index (κ2) is 4.87. The highest BCUT2D eigenvalue weighted by molar-refractivity contribution is 5.68. The van der Waals surface area contributed by atoms with Crippen molar-refractivity contribution in [3.8, 4) is 6.07 Å². The summed E-state index contributed by atoms with van der Waals surface area (Å²) in [4.78, 5) is 0. The van der Waals surface area contributed by atoms with Gasteiger partial charge >= 0.3 is 0 Å². The van der Waals surface area contributed by atoms with Crippen molar-refractivity contribution in [3.05, 3.63) is 23.8 Å². The van der Waals surface area contributed by atoms with E-state index in [1.54, 1.807) is 12.1 Å². The molecule has 22 heavy (non-hydrogen) atoms. The van der Waals surface area contributed by atoms with Gasteiger partial charge in [0, 0.05) is 19.4 Å². The Morgan fingerprint density at radius 1 is 1.36 bits per heavy atom. The molecule has 3 N–H and O–H groups in total. The quantitative estimate of drug-likeness (QED) is 0.838. The SMILES string of the molecule is N#Cc1ccc(N)c(NCC23CC2CCC2(C3)OCCO2)c1. The average molecular weight is 299 g/mol. The lowest BCUT2D eigenvalue weighted by molar-refractivity contribution is -0.187. The number of nitrogens with two attached hydrogens (primary N) is 1. The summed E-state index contributed by atoms with van der Waals surface area (Å²) < 4.78 is 11.8. The standard InChI is InChI=1S/C17H21N3O2/c18-9-12-1-2-14(19)15(7-12)20-11-16-8-13(16)3-4-17(10-16)21-5-6-22-17/h1-2,7,13,20H,3-6,8,10-11,19H2. The number of hydrogen-bond donors (Lipinski definition) is 2. The van der Waals surface area contributed by atoms with Crippen molar-refractivity contribution in [1.82, 2.24) is 0 Å². The number of nitrogens with zero attached hydrogens (tertiary/aromatic N) is 1. The Kier molecular flexibility index (Phi) is 3.07. The minimum absolute atomic E-state index is 0.262. The van der Waals surface area contributed by atoms with Crippen LogP contribution in [0, 0.1) is 22.7 Å². The first kappa shape index (κ1) is 13.9. The van der Waals surface area contributed by atoms with Crippen LogP contribution in [0.3, 0.4) is 0 Å². The third-order valence-electron chi connectivity index (χ3n) is 5.48. The molecule has 0 aromatic heterocycles. The number of rotatable bonds is 3. The van der Waals surface area contributed by atoms with Crippen LogP contribution in [0.25, 0.3) is 0 Å². The van der Waals surface area contributed by atoms with E-state index in [0.717, 1.165) is 31.0 Å². The van der Waals surface area contributed by atoms with E-state index < -0.39 is 0 Å². The highest BCUT2D eigenvalue weighted by Crippen LogP contribution is 2.64. The number of nitriles is 1. The number of ether oxygens (including phenoxy) is 2. The lowest BCUT2D eigenvalue weighted by atomic mass is 9.84. The van der Waals surface area contributed by atoms with Gasteiger partial charge in [0.25, 0.3) is 0 Å². The van der Waals surface area contributed by atoms with Gasteiger partial charge in [-0.15, -0.1) is 0 Å². The minimum Gasteiger partial charge on any atom is -0.397 e. The molecule has 1 heterocycles. The fourth-order valence-electron chi connectivity index (χ4n) is 4.15. The second-order valence-corrected chi connectivity index (χ2v) is 6.85. The zero-order chi connectivity index (χ0) is 15.2. The first-order valence-electron chi connectivity index (χ1n) is 7.96. The third-order valence-corrected chi connectivity index (χ3v) is 5.48. The van der Waals surface area contributed by atoms with Gasteiger partial charge in [-0.2, -0.15) is 5.26 Å². The monoisotopic (exact) mass is 299 g/mol. The number of hydrogen-bond acceptors (Lipinski definition) is 5. The predicted molar refractivity (Wildman–Crippen MR) is 83.1 cm³/mol. The number of fused-ring (bicyclic) bond motifs is 1. The number of nitrogen functional groups attached to an aromatic ring is 1. The molecule has 4 rings (SSSR count). The maximum Gasteiger partial charge on any atom is 0.169 e. The van der Waals surface area contributed by atoms with Gasteiger partial charge in [0.15, 0.2) is 5.79 Å². The summed E-state index contributed by atoms with van der Waals surface area (Å²) >= 11 is 0. The fourth-order valence-corrected chi connectivity index (χ4v) is 4.15. The fraction of sp³-hybridized carbons (Fsp3) is 0.588. The van der Waals surface area contributed by atoms with Crippen LogP contribution in [0.2, 0.25) is 0 Å². The summed E-state index contributed by atoms with van der Waals surface area (Å²) in [6.45, 7) is 2.29. The molecule has 3 fully saturated rings. The lowest BCUT2D eigenvalue weighted by Crippen LogP contribution is -2.39. The van der Waals surface area contributed by atoms with Crippen molar-refractivity contribution >= 4 is 11.4 Å². The molecule has 1 saturated heterocycles. The highest BCUT2D eigenvalue weighted by atomic mass is 16.7. The second-order valence-electron chi connectivity index (χ2n) is 6.85. The van der Waals surface area contributed by atoms with E-state index >= 15 is 0 Å². The van der Waals surface area contributed by atoms with Gasteiger partial charge in [0.05, 0.1) is 36.2 Å². The first-order valence-corrected chi connectivity index (χ1v) is 7.96. The zero-order valence-corrected chi connectivity index (χ0v) is 12.6. The smallest absolute Gasteiger partial charge is 0.169 e. The van der Waals surface area contributed by atoms with E-state index in [1.807, 2.05) is 6.07 Å². The molecule has 1 spiro atoms. The Morgan fingerprint density at radius 2 is 2.18 bits per heavy atom. The Morgan fingerprint density at radius 3 is 2.95 bits per heavy atom. The molecule has 116 valence electrons. The molecule has 5 nitrogen and oxygen atoms in total. The number of nitrogens with one attached hydrogen (secondary N) is 1. The molecule has 2 saturated carbocycles. The van der Waals surface area contributed by atoms with Crippen LogP contribution in [0.5, 0.6) is 0 Å². The van der Waals surface area contributed by atoms with Gasteiger partial charge in [-0.3, -0.25) is 0 Å². The molecular weight excluding hydrogens is 278 g/mol. The van der Waals surface area contributed by atoms with Crippen molar-refractivity contribution in [2.75, 3.05) is 30.8 Å². The van der Waals surface area contributed by atoms with Crippen LogP contribution in [-0.4, -0.2) is 25.5 Å². The summed E-state index contributed by atoms with van der Waals surface area (Å²) in [6, 6.07) is 7.51. The van der Waals surface area contributed by atoms with Crippen LogP contribution < -0.4 is 11.1 Å². The number of benzene rings is 1. The van der Waals surface area contributed by atoms with E-state index in [-0.39, 0.29) is 11.2 Å². The molecular formula is C17H21N3O2. The normalized spacial score (nSPS) is 31.5. The van der Waals surface area contributed by atoms with Crippen LogP contribution in [0.4, 0.5) is 11.4 Å². The Bertz CT molecular complexity index is 633. The summed E-state index contributed by atoms with van der Waals surface area (Å²) in [6.07, 6.45) is 4.39. The van der Waals surface area contributed by atoms with Gasteiger partial charge in [0.1, 0.15) is 0 Å². The van der Waals surface area contributed by atoms with Gasteiger partial charge in [0.2, 0.25) is 0 Å². The van der Waals surface area contributed by atoms with Crippen LogP contribution >= 0.6 is 0 Å². The molecule has 0 amide bonds. The summed E-state index contributed by atoms with van der Waals surface area (Å²) in [5.41, 5.74) is 8.44. The molecule has 2 aliphatic carbocycles. The predicted octanol–water partition coefficient (Wildman–Crippen LogP) is 2.49. The molecule has 5 heteroatoms. The molecule has 0 bridgehead atoms. The summed E-state index contributed by atoms with van der Waals surface area (Å²) in [5.74, 6) is 0.424. The molecule has 1 aromatic rings. The van der Waals surface area contributed by atoms with Gasteiger partial charge in [-0.05, 0) is 42.4 Å². The maximum absolute atomic E-state index is 9.02. The van der Waals surface area contributed by atoms with Crippen molar-refractivity contribution in [1.29, 1.82) is 5.26 Å². The van der Waals surface area contributed by atoms with Gasteiger partial charge in [-0.1, -0.05) is 0 Å². The van der Waals surface area contributed by atoms with E-state index in [0.29, 0.717) is 24.5 Å². The van der Waals surface area contributed by atoms with Crippen LogP contribution in [0.1, 0.15) is 31.2 Å². The van der Waals surface area contributed by atoms with Crippen molar-refractivity contribution in [3.63, 3.8) is 0 Å². The molecule has 2 atom stereocenters. The minimum atomic E-state index is -0.339. The lowest BCUT2D eigenvalue weighted by Gasteiger charge is -2.36. The van der Waals surface area contributed by atoms with Gasteiger partial charge < -0.3 is 20.5 Å². The van der Waals surface area contributed by atoms with Crippen molar-refractivity contribution in [2.45, 2.75) is 31.5 Å². The average Bonchev–Trinajstić information content (AvgIpc) is 3.06. The Labute approximate surface area is 130 Å².